The molecule has 2 saturated heterocycles. The maximum Gasteiger partial charge on any atom is 0.407 e. The minimum absolute atomic E-state index is 0. The number of carbonyl (C=O) groups excluding carboxylic acids is 3. The van der Waals surface area contributed by atoms with Crippen molar-refractivity contribution in [1.29, 1.82) is 0 Å². The van der Waals surface area contributed by atoms with Gasteiger partial charge in [0.1, 0.15) is 17.7 Å². The fourth-order valence-electron chi connectivity index (χ4n) is 6.84. The molecule has 14 heteroatoms. The Morgan fingerprint density at radius 3 is 2.20 bits per heavy atom. The molecule has 0 radical (unpaired) electrons. The summed E-state index contributed by atoms with van der Waals surface area (Å²) in [5, 5.41) is 2.68. The van der Waals surface area contributed by atoms with E-state index in [9.17, 15) is 14.4 Å². The smallest absolute Gasteiger partial charge is 0.407 e. The molecular formula is C37H53N7O4S3. The van der Waals surface area contributed by atoms with Gasteiger partial charge >= 0.3 is 6.09 Å². The number of benzene rings is 2. The van der Waals surface area contributed by atoms with Gasteiger partial charge in [0.15, 0.2) is 0 Å². The van der Waals surface area contributed by atoms with Gasteiger partial charge in [-0.25, -0.2) is 14.8 Å². The highest BCUT2D eigenvalue weighted by atomic mass is 32.1. The summed E-state index contributed by atoms with van der Waals surface area (Å²) in [6, 6.07) is 14.0. The lowest BCUT2D eigenvalue weighted by atomic mass is 9.96. The molecule has 6 rings (SSSR count). The molecule has 0 bridgehead atoms. The summed E-state index contributed by atoms with van der Waals surface area (Å²) >= 11 is 0. The zero-order valence-corrected chi connectivity index (χ0v) is 33.2. The molecule has 4 heterocycles. The maximum atomic E-state index is 13.2. The molecule has 2 aliphatic heterocycles. The Morgan fingerprint density at radius 1 is 0.843 bits per heavy atom. The monoisotopic (exact) mass is 755 g/mol. The second kappa shape index (κ2) is 17.7. The molecule has 2 fully saturated rings. The van der Waals surface area contributed by atoms with Crippen LogP contribution in [-0.4, -0.2) is 80.4 Å². The molecule has 3 N–H and O–H groups in total. The average Bonchev–Trinajstić information content (AvgIpc) is 3.91. The summed E-state index contributed by atoms with van der Waals surface area (Å²) in [4.78, 5) is 58.6. The van der Waals surface area contributed by atoms with Gasteiger partial charge < -0.3 is 29.8 Å². The largest absolute Gasteiger partial charge is 0.453 e. The molecule has 278 valence electrons. The van der Waals surface area contributed by atoms with Crippen molar-refractivity contribution in [3.8, 4) is 22.4 Å². The minimum atomic E-state index is -0.636. The number of H-pyrrole nitrogens is 2. The first-order chi connectivity index (χ1) is 23.0. The summed E-state index contributed by atoms with van der Waals surface area (Å²) in [5.41, 5.74) is 5.97. The number of ether oxygens (including phenoxy) is 1. The first-order valence-corrected chi connectivity index (χ1v) is 17.1. The summed E-state index contributed by atoms with van der Waals surface area (Å²) in [6.07, 6.45) is 3.97. The Morgan fingerprint density at radius 2 is 1.53 bits per heavy atom. The van der Waals surface area contributed by atoms with Crippen molar-refractivity contribution in [3.63, 3.8) is 0 Å². The van der Waals surface area contributed by atoms with Gasteiger partial charge in [-0.2, -0.15) is 40.5 Å². The lowest BCUT2D eigenvalue weighted by molar-refractivity contribution is -0.137. The zero-order chi connectivity index (χ0) is 34.1. The third-order valence-electron chi connectivity index (χ3n) is 10.1. The first-order valence-electron chi connectivity index (χ1n) is 17.1. The van der Waals surface area contributed by atoms with Gasteiger partial charge in [0.2, 0.25) is 11.8 Å². The van der Waals surface area contributed by atoms with Crippen molar-refractivity contribution in [3.05, 3.63) is 60.3 Å². The molecule has 3 amide bonds. The van der Waals surface area contributed by atoms with Gasteiger partial charge in [0.05, 0.1) is 36.1 Å². The van der Waals surface area contributed by atoms with Crippen LogP contribution in [0.2, 0.25) is 0 Å². The van der Waals surface area contributed by atoms with Crippen LogP contribution < -0.4 is 5.32 Å². The number of nitrogens with one attached hydrogen (secondary N) is 3. The van der Waals surface area contributed by atoms with Crippen molar-refractivity contribution < 1.29 is 19.1 Å². The highest BCUT2D eigenvalue weighted by Gasteiger charge is 2.36. The fourth-order valence-corrected chi connectivity index (χ4v) is 6.84. The van der Waals surface area contributed by atoms with Crippen molar-refractivity contribution in [2.45, 2.75) is 71.9 Å². The van der Waals surface area contributed by atoms with Crippen LogP contribution in [0.5, 0.6) is 0 Å². The van der Waals surface area contributed by atoms with E-state index in [4.69, 9.17) is 14.7 Å². The van der Waals surface area contributed by atoms with Crippen LogP contribution in [0.15, 0.2) is 48.7 Å². The van der Waals surface area contributed by atoms with Crippen molar-refractivity contribution in [2.75, 3.05) is 26.7 Å². The van der Waals surface area contributed by atoms with E-state index < -0.39 is 12.1 Å². The second-order valence-electron chi connectivity index (χ2n) is 14.0. The summed E-state index contributed by atoms with van der Waals surface area (Å²) < 4.78 is 4.72. The predicted octanol–water partition coefficient (Wildman–Crippen LogP) is 6.61. The highest BCUT2D eigenvalue weighted by Crippen LogP contribution is 2.35. The Kier molecular flexibility index (Phi) is 14.5. The van der Waals surface area contributed by atoms with E-state index >= 15 is 0 Å². The number of carbonyl (C=O) groups is 3. The van der Waals surface area contributed by atoms with E-state index in [1.54, 1.807) is 0 Å². The van der Waals surface area contributed by atoms with Crippen LogP contribution in [-0.2, 0) is 14.3 Å². The van der Waals surface area contributed by atoms with Crippen LogP contribution in [0.4, 0.5) is 4.79 Å². The van der Waals surface area contributed by atoms with Gasteiger partial charge in [0.25, 0.3) is 0 Å². The molecule has 2 aromatic heterocycles. The van der Waals surface area contributed by atoms with Crippen LogP contribution in [0.3, 0.4) is 0 Å². The van der Waals surface area contributed by atoms with Gasteiger partial charge in [-0.1, -0.05) is 65.0 Å². The lowest BCUT2D eigenvalue weighted by Gasteiger charge is -2.27. The molecule has 0 aliphatic carbocycles. The molecule has 4 atom stereocenters. The van der Waals surface area contributed by atoms with E-state index in [-0.39, 0.29) is 76.1 Å². The van der Waals surface area contributed by atoms with Gasteiger partial charge in [0, 0.05) is 31.5 Å². The molecule has 11 nitrogen and oxygen atoms in total. The number of aromatic nitrogens is 4. The SMILES string of the molecule is COC(=O)N[C@H](C(=O)N1CCC(c2nc3ccc(-c4ccc(-c5cnc([C@@H]6CCCN6C(=O)[C@@H](C)C(C)C)[nH]5)cc4)cc3[nH]2)C1)C(C)C.S.S.S. The Balaban J connectivity index is 0.00000234. The topological polar surface area (TPSA) is 136 Å². The Bertz CT molecular complexity index is 1790. The number of likely N-dealkylation sites (tertiary alicyclic amines) is 2. The van der Waals surface area contributed by atoms with Crippen LogP contribution in [0, 0.1) is 17.8 Å². The molecule has 51 heavy (non-hydrogen) atoms. The number of nitrogens with zero attached hydrogens (tertiary/aromatic N) is 4. The second-order valence-corrected chi connectivity index (χ2v) is 14.0. The number of amides is 3. The highest BCUT2D eigenvalue weighted by molar-refractivity contribution is 7.59. The summed E-state index contributed by atoms with van der Waals surface area (Å²) in [5.74, 6) is 2.14. The predicted molar refractivity (Wildman–Crippen MR) is 216 cm³/mol. The van der Waals surface area contributed by atoms with E-state index in [2.05, 4.69) is 65.5 Å². The van der Waals surface area contributed by atoms with E-state index in [1.165, 1.54) is 7.11 Å². The zero-order valence-electron chi connectivity index (χ0n) is 30.2. The Hall–Kier alpha value is -3.62. The van der Waals surface area contributed by atoms with Crippen LogP contribution >= 0.6 is 40.5 Å². The standard InChI is InChI=1S/C37H47N7O4.3H2S/c1-21(2)23(5)35(45)44-16-7-8-31(44)34-38-19-30(41-34)25-11-9-24(10-12-25)26-13-14-28-29(18-26)40-33(39-28)27-15-17-43(20-27)36(46)32(22(3)4)42-37(47)48-6;;;/h9-14,18-19,21-23,27,31-32H,7-8,15-17,20H2,1-6H3,(H,38,41)(H,39,40)(H,42,47);3*1H2/t23-,27?,31-,32-;;;/m0.../s1. The van der Waals surface area contributed by atoms with E-state index in [0.29, 0.717) is 19.0 Å². The van der Waals surface area contributed by atoms with Gasteiger partial charge in [-0.05, 0) is 59.9 Å². The number of imidazole rings is 2. The van der Waals surface area contributed by atoms with Gasteiger partial charge in [-0.3, -0.25) is 9.59 Å². The number of hydrogen-bond acceptors (Lipinski definition) is 6. The average molecular weight is 756 g/mol. The van der Waals surface area contributed by atoms with E-state index in [1.807, 2.05) is 42.8 Å². The maximum absolute atomic E-state index is 13.2. The molecule has 0 saturated carbocycles. The van der Waals surface area contributed by atoms with Crippen LogP contribution in [0.1, 0.15) is 77.5 Å². The normalized spacial score (nSPS) is 18.2. The number of methoxy groups -OCH3 is 1. The lowest BCUT2D eigenvalue weighted by Crippen LogP contribution is -2.50. The number of aromatic amines is 2. The summed E-state index contributed by atoms with van der Waals surface area (Å²) in [6.45, 7) is 12.0. The third kappa shape index (κ3) is 8.89. The molecular weight excluding hydrogens is 703 g/mol. The van der Waals surface area contributed by atoms with Crippen LogP contribution in [0.25, 0.3) is 33.4 Å². The molecule has 1 unspecified atom stereocenters. The number of hydrogen-bond donors (Lipinski definition) is 3. The van der Waals surface area contributed by atoms with Crippen molar-refractivity contribution in [2.24, 2.45) is 17.8 Å². The summed E-state index contributed by atoms with van der Waals surface area (Å²) in [7, 11) is 1.30. The number of alkyl carbamates (subject to hydrolysis) is 1. The number of fused-ring (bicyclic) bond motifs is 1. The third-order valence-corrected chi connectivity index (χ3v) is 10.1. The number of rotatable bonds is 9. The van der Waals surface area contributed by atoms with E-state index in [0.717, 1.165) is 70.9 Å². The molecule has 0 spiro atoms. The molecule has 2 aliphatic rings. The molecule has 4 aromatic rings. The minimum Gasteiger partial charge on any atom is -0.453 e. The van der Waals surface area contributed by atoms with Crippen molar-refractivity contribution in [1.82, 2.24) is 35.1 Å². The quantitative estimate of drug-likeness (QED) is 0.176. The van der Waals surface area contributed by atoms with Gasteiger partial charge in [-0.15, -0.1) is 0 Å². The first kappa shape index (κ1) is 41.8. The van der Waals surface area contributed by atoms with Crippen molar-refractivity contribution >= 4 is 69.4 Å². The molecule has 2 aromatic carbocycles. The fraction of sp³-hybridized carbons (Fsp3) is 0.486. The Labute approximate surface area is 321 Å².